The second-order valence-corrected chi connectivity index (χ2v) is 5.42. The highest BCUT2D eigenvalue weighted by molar-refractivity contribution is 6.31. The summed E-state index contributed by atoms with van der Waals surface area (Å²) < 4.78 is 10.8. The first kappa shape index (κ1) is 17.3. The lowest BCUT2D eigenvalue weighted by Crippen LogP contribution is -2.13. The molecule has 122 valence electrons. The van der Waals surface area contributed by atoms with Crippen LogP contribution in [0.1, 0.15) is 22.8 Å². The second-order valence-electron chi connectivity index (χ2n) is 4.99. The van der Waals surface area contributed by atoms with Gasteiger partial charge in [-0.3, -0.25) is 4.79 Å². The van der Waals surface area contributed by atoms with Crippen LogP contribution in [0.2, 0.25) is 5.02 Å². The molecule has 0 aliphatic rings. The van der Waals surface area contributed by atoms with E-state index in [1.807, 2.05) is 26.0 Å². The minimum atomic E-state index is -0.203. The summed E-state index contributed by atoms with van der Waals surface area (Å²) in [5.74, 6) is 0.436. The van der Waals surface area contributed by atoms with E-state index in [0.717, 1.165) is 5.56 Å². The summed E-state index contributed by atoms with van der Waals surface area (Å²) in [4.78, 5) is 12.4. The van der Waals surface area contributed by atoms with Crippen molar-refractivity contribution in [2.24, 2.45) is 0 Å². The molecule has 0 saturated carbocycles. The zero-order valence-electron chi connectivity index (χ0n) is 13.3. The Labute approximate surface area is 141 Å². The van der Waals surface area contributed by atoms with Gasteiger partial charge in [0.2, 0.25) is 0 Å². The van der Waals surface area contributed by atoms with Crippen LogP contribution in [0.5, 0.6) is 5.75 Å². The molecular weight excluding hydrogens is 314 g/mol. The van der Waals surface area contributed by atoms with Gasteiger partial charge in [-0.25, -0.2) is 0 Å². The standard InChI is InChI=1S/C18H20ClNO3/c1-3-22-9-10-23-16-6-4-5-14(11-16)18(21)20-17-12-15(19)8-7-13(17)2/h4-8,11-12H,3,9-10H2,1-2H3,(H,20,21). The van der Waals surface area contributed by atoms with Gasteiger partial charge < -0.3 is 14.8 Å². The van der Waals surface area contributed by atoms with Crippen molar-refractivity contribution in [1.82, 2.24) is 0 Å². The molecule has 0 atom stereocenters. The number of halogens is 1. The van der Waals surface area contributed by atoms with E-state index in [1.54, 1.807) is 30.3 Å². The number of aryl methyl sites for hydroxylation is 1. The van der Waals surface area contributed by atoms with E-state index < -0.39 is 0 Å². The Morgan fingerprint density at radius 3 is 2.78 bits per heavy atom. The molecule has 2 rings (SSSR count). The molecule has 4 nitrogen and oxygen atoms in total. The third kappa shape index (κ3) is 5.27. The van der Waals surface area contributed by atoms with Crippen molar-refractivity contribution in [2.75, 3.05) is 25.1 Å². The van der Waals surface area contributed by atoms with Crippen LogP contribution in [0.3, 0.4) is 0 Å². The number of ether oxygens (including phenoxy) is 2. The first-order valence-electron chi connectivity index (χ1n) is 7.48. The van der Waals surface area contributed by atoms with Gasteiger partial charge in [-0.2, -0.15) is 0 Å². The average molecular weight is 334 g/mol. The molecule has 1 amide bonds. The Balaban J connectivity index is 2.03. The van der Waals surface area contributed by atoms with Gasteiger partial charge in [-0.15, -0.1) is 0 Å². The van der Waals surface area contributed by atoms with Crippen LogP contribution >= 0.6 is 11.6 Å². The van der Waals surface area contributed by atoms with Crippen molar-refractivity contribution in [3.63, 3.8) is 0 Å². The highest BCUT2D eigenvalue weighted by Gasteiger charge is 2.09. The summed E-state index contributed by atoms with van der Waals surface area (Å²) in [5.41, 5.74) is 2.18. The number of hydrogen-bond acceptors (Lipinski definition) is 3. The minimum absolute atomic E-state index is 0.203. The van der Waals surface area contributed by atoms with Crippen LogP contribution < -0.4 is 10.1 Å². The van der Waals surface area contributed by atoms with E-state index in [4.69, 9.17) is 21.1 Å². The molecule has 5 heteroatoms. The smallest absolute Gasteiger partial charge is 0.255 e. The third-order valence-corrected chi connectivity index (χ3v) is 3.48. The van der Waals surface area contributed by atoms with Crippen LogP contribution in [-0.2, 0) is 4.74 Å². The van der Waals surface area contributed by atoms with Crippen molar-refractivity contribution < 1.29 is 14.3 Å². The number of carbonyl (C=O) groups is 1. The van der Waals surface area contributed by atoms with Gasteiger partial charge in [-0.1, -0.05) is 23.7 Å². The Morgan fingerprint density at radius 1 is 1.17 bits per heavy atom. The predicted molar refractivity (Wildman–Crippen MR) is 92.6 cm³/mol. The number of anilines is 1. The summed E-state index contributed by atoms with van der Waals surface area (Å²) in [5, 5.41) is 3.45. The monoisotopic (exact) mass is 333 g/mol. The van der Waals surface area contributed by atoms with E-state index in [-0.39, 0.29) is 5.91 Å². The lowest BCUT2D eigenvalue weighted by molar-refractivity contribution is 0.102. The molecule has 0 aliphatic carbocycles. The van der Waals surface area contributed by atoms with Crippen LogP contribution in [-0.4, -0.2) is 25.7 Å². The lowest BCUT2D eigenvalue weighted by atomic mass is 10.1. The number of hydrogen-bond donors (Lipinski definition) is 1. The first-order chi connectivity index (χ1) is 11.1. The largest absolute Gasteiger partial charge is 0.491 e. The molecule has 0 radical (unpaired) electrons. The molecule has 2 aromatic rings. The maximum Gasteiger partial charge on any atom is 0.255 e. The maximum atomic E-state index is 12.4. The van der Waals surface area contributed by atoms with Gasteiger partial charge in [0, 0.05) is 22.9 Å². The highest BCUT2D eigenvalue weighted by Crippen LogP contribution is 2.21. The Kier molecular flexibility index (Phi) is 6.44. The molecule has 0 saturated heterocycles. The number of nitrogens with one attached hydrogen (secondary N) is 1. The Morgan fingerprint density at radius 2 is 2.00 bits per heavy atom. The van der Waals surface area contributed by atoms with Gasteiger partial charge in [0.1, 0.15) is 12.4 Å². The van der Waals surface area contributed by atoms with Crippen LogP contribution in [0, 0.1) is 6.92 Å². The fourth-order valence-corrected chi connectivity index (χ4v) is 2.19. The van der Waals surface area contributed by atoms with Crippen molar-refractivity contribution in [3.05, 3.63) is 58.6 Å². The van der Waals surface area contributed by atoms with E-state index in [2.05, 4.69) is 5.32 Å². The fraction of sp³-hybridized carbons (Fsp3) is 0.278. The number of amides is 1. The average Bonchev–Trinajstić information content (AvgIpc) is 2.55. The van der Waals surface area contributed by atoms with Crippen LogP contribution in [0.15, 0.2) is 42.5 Å². The van der Waals surface area contributed by atoms with Gasteiger partial charge in [0.05, 0.1) is 6.61 Å². The van der Waals surface area contributed by atoms with E-state index >= 15 is 0 Å². The lowest BCUT2D eigenvalue weighted by Gasteiger charge is -2.10. The number of carbonyl (C=O) groups excluding carboxylic acids is 1. The molecule has 0 bridgehead atoms. The second kappa shape index (κ2) is 8.56. The SMILES string of the molecule is CCOCCOc1cccc(C(=O)Nc2cc(Cl)ccc2C)c1. The summed E-state index contributed by atoms with van der Waals surface area (Å²) in [6.07, 6.45) is 0. The van der Waals surface area contributed by atoms with Crippen molar-refractivity contribution >= 4 is 23.2 Å². The van der Waals surface area contributed by atoms with Gasteiger partial charge in [0.25, 0.3) is 5.91 Å². The molecule has 0 spiro atoms. The van der Waals surface area contributed by atoms with Crippen molar-refractivity contribution in [1.29, 1.82) is 0 Å². The fourth-order valence-electron chi connectivity index (χ4n) is 2.01. The van der Waals surface area contributed by atoms with Gasteiger partial charge in [0.15, 0.2) is 0 Å². The Hall–Kier alpha value is -2.04. The molecule has 0 fully saturated rings. The zero-order chi connectivity index (χ0) is 16.7. The van der Waals surface area contributed by atoms with E-state index in [9.17, 15) is 4.79 Å². The molecule has 1 N–H and O–H groups in total. The number of benzene rings is 2. The predicted octanol–water partition coefficient (Wildman–Crippen LogP) is 4.32. The summed E-state index contributed by atoms with van der Waals surface area (Å²) in [6, 6.07) is 12.4. The summed E-state index contributed by atoms with van der Waals surface area (Å²) >= 11 is 5.97. The molecule has 2 aromatic carbocycles. The summed E-state index contributed by atoms with van der Waals surface area (Å²) in [6.45, 7) is 5.48. The zero-order valence-corrected chi connectivity index (χ0v) is 14.0. The molecular formula is C18H20ClNO3. The maximum absolute atomic E-state index is 12.4. The normalized spacial score (nSPS) is 10.4. The molecule has 0 aliphatic heterocycles. The van der Waals surface area contributed by atoms with Crippen molar-refractivity contribution in [3.8, 4) is 5.75 Å². The van der Waals surface area contributed by atoms with Crippen LogP contribution in [0.4, 0.5) is 5.69 Å². The molecule has 23 heavy (non-hydrogen) atoms. The third-order valence-electron chi connectivity index (χ3n) is 3.24. The van der Waals surface area contributed by atoms with Crippen LogP contribution in [0.25, 0.3) is 0 Å². The van der Waals surface area contributed by atoms with E-state index in [1.165, 1.54) is 0 Å². The van der Waals surface area contributed by atoms with Gasteiger partial charge in [-0.05, 0) is 49.7 Å². The summed E-state index contributed by atoms with van der Waals surface area (Å²) in [7, 11) is 0. The quantitative estimate of drug-likeness (QED) is 0.768. The molecule has 0 aromatic heterocycles. The topological polar surface area (TPSA) is 47.6 Å². The molecule has 0 heterocycles. The van der Waals surface area contributed by atoms with Crippen molar-refractivity contribution in [2.45, 2.75) is 13.8 Å². The Bertz CT molecular complexity index is 673. The van der Waals surface area contributed by atoms with Gasteiger partial charge >= 0.3 is 0 Å². The number of rotatable bonds is 7. The molecule has 0 unspecified atom stereocenters. The minimum Gasteiger partial charge on any atom is -0.491 e. The first-order valence-corrected chi connectivity index (χ1v) is 7.86. The van der Waals surface area contributed by atoms with E-state index in [0.29, 0.717) is 41.8 Å². The highest BCUT2D eigenvalue weighted by atomic mass is 35.5.